The fraction of sp³-hybridized carbons (Fsp3) is 0.667. The molecular weight excluding hydrogens is 234 g/mol. The Morgan fingerprint density at radius 1 is 1.44 bits per heavy atom. The lowest BCUT2D eigenvalue weighted by molar-refractivity contribution is 0.114. The number of rotatable bonds is 5. The van der Waals surface area contributed by atoms with E-state index in [0.717, 1.165) is 0 Å². The van der Waals surface area contributed by atoms with Gasteiger partial charge in [0, 0.05) is 19.2 Å². The lowest BCUT2D eigenvalue weighted by Gasteiger charge is -2.12. The molecule has 0 aliphatic carbocycles. The zero-order valence-corrected chi connectivity index (χ0v) is 11.6. The van der Waals surface area contributed by atoms with Gasteiger partial charge in [0.15, 0.2) is 0 Å². The van der Waals surface area contributed by atoms with Crippen molar-refractivity contribution in [1.29, 1.82) is 0 Å². The van der Waals surface area contributed by atoms with Crippen molar-refractivity contribution in [2.75, 3.05) is 12.4 Å². The molecule has 18 heavy (non-hydrogen) atoms. The lowest BCUT2D eigenvalue weighted by atomic mass is 10.4. The smallest absolute Gasteiger partial charge is 0.436 e. The normalized spacial score (nSPS) is 11.1. The van der Waals surface area contributed by atoms with E-state index < -0.39 is 6.09 Å². The van der Waals surface area contributed by atoms with Crippen LogP contribution in [0.4, 0.5) is 10.6 Å². The number of carbonyl (C=O) groups excluding carboxylic acids is 1. The van der Waals surface area contributed by atoms with Gasteiger partial charge in [-0.05, 0) is 27.7 Å². The average Bonchev–Trinajstić information content (AvgIpc) is 2.59. The third-order valence-electron chi connectivity index (χ3n) is 2.00. The lowest BCUT2D eigenvalue weighted by Crippen LogP contribution is -2.23. The minimum atomic E-state index is -0.490. The molecule has 0 aliphatic heterocycles. The predicted molar refractivity (Wildman–Crippen MR) is 68.7 cm³/mol. The highest BCUT2D eigenvalue weighted by Crippen LogP contribution is 2.14. The topological polar surface area (TPSA) is 65.4 Å². The van der Waals surface area contributed by atoms with Gasteiger partial charge in [-0.15, -0.1) is 4.68 Å². The monoisotopic (exact) mass is 255 g/mol. The zero-order valence-electron chi connectivity index (χ0n) is 11.6. The maximum Gasteiger partial charge on any atom is 0.436 e. The van der Waals surface area contributed by atoms with Crippen LogP contribution >= 0.6 is 0 Å². The number of nitrogens with zero attached hydrogens (tertiary/aromatic N) is 2. The summed E-state index contributed by atoms with van der Waals surface area (Å²) in [5.74, 6) is 0.614. The van der Waals surface area contributed by atoms with Crippen molar-refractivity contribution >= 4 is 11.9 Å². The first kappa shape index (κ1) is 14.5. The van der Waals surface area contributed by atoms with Crippen LogP contribution in [0.2, 0.25) is 0 Å². The van der Waals surface area contributed by atoms with E-state index in [-0.39, 0.29) is 12.1 Å². The molecule has 1 rings (SSSR count). The van der Waals surface area contributed by atoms with E-state index in [0.29, 0.717) is 18.1 Å². The maximum atomic E-state index is 11.9. The number of aromatic nitrogens is 2. The minimum Gasteiger partial charge on any atom is -0.445 e. The Balaban J connectivity index is 2.95. The summed E-state index contributed by atoms with van der Waals surface area (Å²) in [5.41, 5.74) is 0.682. The van der Waals surface area contributed by atoms with Gasteiger partial charge in [0.1, 0.15) is 5.82 Å². The Bertz CT molecular complexity index is 399. The summed E-state index contributed by atoms with van der Waals surface area (Å²) in [5, 5.41) is 7.31. The van der Waals surface area contributed by atoms with Crippen molar-refractivity contribution in [2.24, 2.45) is 0 Å². The molecule has 1 aromatic rings. The van der Waals surface area contributed by atoms with Crippen molar-refractivity contribution in [3.05, 3.63) is 11.8 Å². The molecule has 0 aliphatic rings. The highest BCUT2D eigenvalue weighted by atomic mass is 16.6. The Morgan fingerprint density at radius 2 is 2.11 bits per heavy atom. The van der Waals surface area contributed by atoms with Crippen LogP contribution in [0.1, 0.15) is 33.4 Å². The molecule has 0 unspecified atom stereocenters. The second-order valence-electron chi connectivity index (χ2n) is 4.60. The van der Waals surface area contributed by atoms with Crippen LogP contribution in [-0.2, 0) is 16.1 Å². The number of carbonyl (C=O) groups is 1. The molecule has 0 atom stereocenters. The fourth-order valence-corrected chi connectivity index (χ4v) is 1.44. The zero-order chi connectivity index (χ0) is 13.7. The Morgan fingerprint density at radius 3 is 2.61 bits per heavy atom. The molecule has 0 saturated carbocycles. The average molecular weight is 255 g/mol. The van der Waals surface area contributed by atoms with E-state index in [9.17, 15) is 4.79 Å². The highest BCUT2D eigenvalue weighted by molar-refractivity contribution is 5.74. The highest BCUT2D eigenvalue weighted by Gasteiger charge is 2.17. The molecular formula is C12H21N3O3. The van der Waals surface area contributed by atoms with E-state index in [4.69, 9.17) is 9.47 Å². The van der Waals surface area contributed by atoms with Crippen molar-refractivity contribution in [3.63, 3.8) is 0 Å². The SMILES string of the molecule is COCc1cc(NC(C)C)n(C(=O)OC(C)C)n1. The Labute approximate surface area is 107 Å². The van der Waals surface area contributed by atoms with Gasteiger partial charge in [-0.1, -0.05) is 0 Å². The van der Waals surface area contributed by atoms with Crippen molar-refractivity contribution in [2.45, 2.75) is 46.4 Å². The van der Waals surface area contributed by atoms with Crippen molar-refractivity contribution in [3.8, 4) is 0 Å². The van der Waals surface area contributed by atoms with Gasteiger partial charge in [0.2, 0.25) is 0 Å². The molecule has 6 heteroatoms. The van der Waals surface area contributed by atoms with E-state index in [1.165, 1.54) is 4.68 Å². The van der Waals surface area contributed by atoms with Crippen LogP contribution in [0.25, 0.3) is 0 Å². The van der Waals surface area contributed by atoms with Gasteiger partial charge in [0.25, 0.3) is 0 Å². The fourth-order valence-electron chi connectivity index (χ4n) is 1.44. The van der Waals surface area contributed by atoms with Crippen molar-refractivity contribution < 1.29 is 14.3 Å². The summed E-state index contributed by atoms with van der Waals surface area (Å²) in [6, 6.07) is 1.98. The summed E-state index contributed by atoms with van der Waals surface area (Å²) >= 11 is 0. The van der Waals surface area contributed by atoms with Crippen molar-refractivity contribution in [1.82, 2.24) is 9.78 Å². The number of anilines is 1. The number of ether oxygens (including phenoxy) is 2. The van der Waals surface area contributed by atoms with Gasteiger partial charge in [-0.2, -0.15) is 5.10 Å². The van der Waals surface area contributed by atoms with E-state index >= 15 is 0 Å². The molecule has 0 aromatic carbocycles. The Kier molecular flexibility index (Phi) is 5.15. The van der Waals surface area contributed by atoms with E-state index in [2.05, 4.69) is 10.4 Å². The second-order valence-corrected chi connectivity index (χ2v) is 4.60. The molecule has 0 saturated heterocycles. The molecule has 1 heterocycles. The number of nitrogens with one attached hydrogen (secondary N) is 1. The molecule has 0 bridgehead atoms. The van der Waals surface area contributed by atoms with E-state index in [1.807, 2.05) is 13.8 Å². The molecule has 1 aromatic heterocycles. The van der Waals surface area contributed by atoms with Gasteiger partial charge in [-0.3, -0.25) is 0 Å². The van der Waals surface area contributed by atoms with Gasteiger partial charge >= 0.3 is 6.09 Å². The summed E-state index contributed by atoms with van der Waals surface area (Å²) in [7, 11) is 1.58. The second kappa shape index (κ2) is 6.39. The summed E-state index contributed by atoms with van der Waals surface area (Å²) in [6.07, 6.45) is -0.671. The summed E-state index contributed by atoms with van der Waals surface area (Å²) < 4.78 is 11.4. The first-order chi connectivity index (χ1) is 8.43. The third kappa shape index (κ3) is 4.03. The largest absolute Gasteiger partial charge is 0.445 e. The first-order valence-electron chi connectivity index (χ1n) is 5.99. The maximum absolute atomic E-state index is 11.9. The molecule has 6 nitrogen and oxygen atoms in total. The van der Waals surface area contributed by atoms with Gasteiger partial charge in [0.05, 0.1) is 18.4 Å². The number of methoxy groups -OCH3 is 1. The quantitative estimate of drug-likeness (QED) is 0.874. The third-order valence-corrected chi connectivity index (χ3v) is 2.00. The number of hydrogen-bond donors (Lipinski definition) is 1. The van der Waals surface area contributed by atoms with Crippen LogP contribution in [0.15, 0.2) is 6.07 Å². The van der Waals surface area contributed by atoms with Crippen LogP contribution in [0.3, 0.4) is 0 Å². The van der Waals surface area contributed by atoms with Gasteiger partial charge < -0.3 is 14.8 Å². The molecule has 0 amide bonds. The van der Waals surface area contributed by atoms with Crippen LogP contribution in [0.5, 0.6) is 0 Å². The van der Waals surface area contributed by atoms with E-state index in [1.54, 1.807) is 27.0 Å². The minimum absolute atomic E-state index is 0.181. The summed E-state index contributed by atoms with van der Waals surface area (Å²) in [6.45, 7) is 7.93. The molecule has 102 valence electrons. The van der Waals surface area contributed by atoms with Gasteiger partial charge in [-0.25, -0.2) is 4.79 Å². The molecule has 0 fully saturated rings. The number of hydrogen-bond acceptors (Lipinski definition) is 5. The summed E-state index contributed by atoms with van der Waals surface area (Å²) in [4.78, 5) is 11.9. The Hall–Kier alpha value is -1.56. The first-order valence-corrected chi connectivity index (χ1v) is 5.99. The van der Waals surface area contributed by atoms with Crippen LogP contribution in [0, 0.1) is 0 Å². The molecule has 0 radical (unpaired) electrons. The van der Waals surface area contributed by atoms with Crippen LogP contribution in [-0.4, -0.2) is 35.1 Å². The standard InChI is InChI=1S/C12H21N3O3/c1-8(2)13-11-6-10(7-17-5)14-15(11)12(16)18-9(3)4/h6,8-9,13H,7H2,1-5H3. The van der Waals surface area contributed by atoms with Crippen LogP contribution < -0.4 is 5.32 Å². The molecule has 0 spiro atoms. The molecule has 1 N–H and O–H groups in total. The predicted octanol–water partition coefficient (Wildman–Crippen LogP) is 2.24.